The Balaban J connectivity index is 1.58. The van der Waals surface area contributed by atoms with Crippen LogP contribution in [0.2, 0.25) is 5.02 Å². The molecule has 0 radical (unpaired) electrons. The standard InChI is InChI=1S/C21H15ClN4O3S/c1-12-17(18(26-29-12)15-7-2-3-8-16(15)22)20(28)24-14-6-4-5-13(11-14)19(27)25-21-23-9-10-30-21/h2-11H,1H3,(H,24,28)(H,23,25,27). The number of anilines is 2. The van der Waals surface area contributed by atoms with E-state index in [1.54, 1.807) is 67.0 Å². The zero-order chi connectivity index (χ0) is 21.1. The van der Waals surface area contributed by atoms with Gasteiger partial charge in [0.2, 0.25) is 0 Å². The second kappa shape index (κ2) is 8.48. The van der Waals surface area contributed by atoms with Crippen LogP contribution in [0.15, 0.2) is 64.6 Å². The molecule has 9 heteroatoms. The van der Waals surface area contributed by atoms with Crippen LogP contribution in [-0.4, -0.2) is 22.0 Å². The summed E-state index contributed by atoms with van der Waals surface area (Å²) in [5.41, 5.74) is 2.07. The van der Waals surface area contributed by atoms with Crippen molar-refractivity contribution in [2.45, 2.75) is 6.92 Å². The number of aromatic nitrogens is 2. The van der Waals surface area contributed by atoms with Crippen LogP contribution in [0.1, 0.15) is 26.5 Å². The van der Waals surface area contributed by atoms with Gasteiger partial charge in [-0.2, -0.15) is 0 Å². The monoisotopic (exact) mass is 438 g/mol. The zero-order valence-corrected chi connectivity index (χ0v) is 17.3. The molecule has 2 aromatic carbocycles. The molecule has 0 aliphatic rings. The third-order valence-electron chi connectivity index (χ3n) is 4.25. The van der Waals surface area contributed by atoms with E-state index in [-0.39, 0.29) is 11.5 Å². The average Bonchev–Trinajstić information content (AvgIpc) is 3.38. The largest absolute Gasteiger partial charge is 0.360 e. The normalized spacial score (nSPS) is 10.6. The Morgan fingerprint density at radius 2 is 1.90 bits per heavy atom. The van der Waals surface area contributed by atoms with Crippen molar-refractivity contribution in [1.82, 2.24) is 10.1 Å². The number of hydrogen-bond donors (Lipinski definition) is 2. The molecule has 0 spiro atoms. The third kappa shape index (κ3) is 4.10. The van der Waals surface area contributed by atoms with Gasteiger partial charge in [0.1, 0.15) is 17.0 Å². The molecule has 0 saturated carbocycles. The topological polar surface area (TPSA) is 97.1 Å². The van der Waals surface area contributed by atoms with Gasteiger partial charge in [0.05, 0.1) is 5.02 Å². The number of hydrogen-bond acceptors (Lipinski definition) is 6. The second-order valence-corrected chi connectivity index (χ2v) is 7.57. The van der Waals surface area contributed by atoms with Gasteiger partial charge in [0.25, 0.3) is 11.8 Å². The Morgan fingerprint density at radius 1 is 1.07 bits per heavy atom. The van der Waals surface area contributed by atoms with Crippen LogP contribution in [0.4, 0.5) is 10.8 Å². The Kier molecular flexibility index (Phi) is 5.60. The molecule has 2 aromatic heterocycles. The number of nitrogens with zero attached hydrogens (tertiary/aromatic N) is 2. The van der Waals surface area contributed by atoms with Gasteiger partial charge < -0.3 is 9.84 Å². The van der Waals surface area contributed by atoms with Crippen LogP contribution < -0.4 is 10.6 Å². The third-order valence-corrected chi connectivity index (χ3v) is 5.27. The number of aryl methyl sites for hydroxylation is 1. The van der Waals surface area contributed by atoms with Gasteiger partial charge in [0.15, 0.2) is 5.13 Å². The molecule has 2 N–H and O–H groups in total. The lowest BCUT2D eigenvalue weighted by Crippen LogP contribution is -2.15. The molecule has 4 aromatic rings. The van der Waals surface area contributed by atoms with E-state index in [1.165, 1.54) is 11.3 Å². The molecule has 2 amide bonds. The molecule has 0 aliphatic heterocycles. The summed E-state index contributed by atoms with van der Waals surface area (Å²) < 4.78 is 5.25. The molecular formula is C21H15ClN4O3S. The van der Waals surface area contributed by atoms with E-state index >= 15 is 0 Å². The summed E-state index contributed by atoms with van der Waals surface area (Å²) in [6.07, 6.45) is 1.61. The highest BCUT2D eigenvalue weighted by atomic mass is 35.5. The number of halogens is 1. The predicted octanol–water partition coefficient (Wildman–Crippen LogP) is 5.26. The fourth-order valence-corrected chi connectivity index (χ4v) is 3.61. The first-order valence-electron chi connectivity index (χ1n) is 8.86. The van der Waals surface area contributed by atoms with Gasteiger partial charge in [-0.25, -0.2) is 4.98 Å². The summed E-state index contributed by atoms with van der Waals surface area (Å²) in [6, 6.07) is 13.7. The van der Waals surface area contributed by atoms with Crippen molar-refractivity contribution >= 4 is 45.6 Å². The summed E-state index contributed by atoms with van der Waals surface area (Å²) in [7, 11) is 0. The van der Waals surface area contributed by atoms with Crippen molar-refractivity contribution in [3.8, 4) is 11.3 Å². The Labute approximate surface area is 180 Å². The van der Waals surface area contributed by atoms with E-state index < -0.39 is 5.91 Å². The predicted molar refractivity (Wildman–Crippen MR) is 116 cm³/mol. The van der Waals surface area contributed by atoms with Crippen LogP contribution in [0.5, 0.6) is 0 Å². The minimum absolute atomic E-state index is 0.278. The first-order chi connectivity index (χ1) is 14.5. The smallest absolute Gasteiger partial charge is 0.261 e. The Hall–Kier alpha value is -3.49. The van der Waals surface area contributed by atoms with Crippen LogP contribution in [0, 0.1) is 6.92 Å². The molecule has 150 valence electrons. The highest BCUT2D eigenvalue weighted by Gasteiger charge is 2.23. The van der Waals surface area contributed by atoms with Gasteiger partial charge >= 0.3 is 0 Å². The molecular weight excluding hydrogens is 424 g/mol. The Morgan fingerprint density at radius 3 is 2.67 bits per heavy atom. The number of nitrogens with one attached hydrogen (secondary N) is 2. The number of carbonyl (C=O) groups excluding carboxylic acids is 2. The molecule has 2 heterocycles. The maximum atomic E-state index is 13.0. The van der Waals surface area contributed by atoms with Crippen molar-refractivity contribution in [3.05, 3.63) is 82.0 Å². The average molecular weight is 439 g/mol. The summed E-state index contributed by atoms with van der Waals surface area (Å²) in [5.74, 6) is -0.375. The van der Waals surface area contributed by atoms with E-state index in [2.05, 4.69) is 20.8 Å². The number of benzene rings is 2. The maximum absolute atomic E-state index is 13.0. The fourth-order valence-electron chi connectivity index (χ4n) is 2.86. The molecule has 0 atom stereocenters. The quantitative estimate of drug-likeness (QED) is 0.442. The molecule has 0 saturated heterocycles. The van der Waals surface area contributed by atoms with Crippen LogP contribution in [0.25, 0.3) is 11.3 Å². The minimum Gasteiger partial charge on any atom is -0.360 e. The van der Waals surface area contributed by atoms with E-state index in [4.69, 9.17) is 16.1 Å². The Bertz CT molecular complexity index is 1220. The van der Waals surface area contributed by atoms with Gasteiger partial charge in [-0.1, -0.05) is 41.0 Å². The van der Waals surface area contributed by atoms with Gasteiger partial charge in [-0.05, 0) is 31.2 Å². The van der Waals surface area contributed by atoms with Crippen LogP contribution >= 0.6 is 22.9 Å². The molecule has 4 rings (SSSR count). The minimum atomic E-state index is -0.416. The molecule has 0 unspecified atom stereocenters. The summed E-state index contributed by atoms with van der Waals surface area (Å²) >= 11 is 7.58. The maximum Gasteiger partial charge on any atom is 0.261 e. The second-order valence-electron chi connectivity index (χ2n) is 6.27. The molecule has 0 aliphatic carbocycles. The SMILES string of the molecule is Cc1onc(-c2ccccc2Cl)c1C(=O)Nc1cccc(C(=O)Nc2nccs2)c1. The highest BCUT2D eigenvalue weighted by Crippen LogP contribution is 2.31. The lowest BCUT2D eigenvalue weighted by atomic mass is 10.1. The summed E-state index contributed by atoms with van der Waals surface area (Å²) in [4.78, 5) is 29.4. The van der Waals surface area contributed by atoms with E-state index in [0.717, 1.165) is 0 Å². The summed E-state index contributed by atoms with van der Waals surface area (Å²) in [6.45, 7) is 1.65. The van der Waals surface area contributed by atoms with Crippen molar-refractivity contribution in [2.75, 3.05) is 10.6 Å². The lowest BCUT2D eigenvalue weighted by Gasteiger charge is -2.08. The summed E-state index contributed by atoms with van der Waals surface area (Å²) in [5, 5.41) is 12.2. The molecule has 7 nitrogen and oxygen atoms in total. The number of amides is 2. The molecule has 30 heavy (non-hydrogen) atoms. The van der Waals surface area contributed by atoms with Gasteiger partial charge in [0, 0.05) is 28.4 Å². The lowest BCUT2D eigenvalue weighted by molar-refractivity contribution is 0.101. The first-order valence-corrected chi connectivity index (χ1v) is 10.1. The first kappa shape index (κ1) is 19.8. The number of rotatable bonds is 5. The van der Waals surface area contributed by atoms with E-state index in [9.17, 15) is 9.59 Å². The highest BCUT2D eigenvalue weighted by molar-refractivity contribution is 7.13. The van der Waals surface area contributed by atoms with Crippen molar-refractivity contribution in [3.63, 3.8) is 0 Å². The van der Waals surface area contributed by atoms with Crippen LogP contribution in [0.3, 0.4) is 0 Å². The van der Waals surface area contributed by atoms with Gasteiger partial charge in [-0.3, -0.25) is 14.9 Å². The van der Waals surface area contributed by atoms with Crippen molar-refractivity contribution in [1.29, 1.82) is 0 Å². The van der Waals surface area contributed by atoms with Gasteiger partial charge in [-0.15, -0.1) is 11.3 Å². The molecule has 0 fully saturated rings. The van der Waals surface area contributed by atoms with Crippen molar-refractivity contribution in [2.24, 2.45) is 0 Å². The number of thiazole rings is 1. The zero-order valence-electron chi connectivity index (χ0n) is 15.7. The van der Waals surface area contributed by atoms with Crippen LogP contribution in [-0.2, 0) is 0 Å². The van der Waals surface area contributed by atoms with E-state index in [1.807, 2.05) is 0 Å². The van der Waals surface area contributed by atoms with E-state index in [0.29, 0.717) is 38.4 Å². The number of carbonyl (C=O) groups is 2. The fraction of sp³-hybridized carbons (Fsp3) is 0.0476. The van der Waals surface area contributed by atoms with Crippen molar-refractivity contribution < 1.29 is 14.1 Å². The molecule has 0 bridgehead atoms.